The van der Waals surface area contributed by atoms with E-state index in [9.17, 15) is 9.59 Å². The molecule has 0 unspecified atom stereocenters. The molecular formula is C26H20Cl2O7. The molecule has 1 heterocycles. The van der Waals surface area contributed by atoms with Gasteiger partial charge in [-0.15, -0.1) is 0 Å². The van der Waals surface area contributed by atoms with Crippen molar-refractivity contribution in [3.8, 4) is 28.7 Å². The smallest absolute Gasteiger partial charge is 0.343 e. The molecule has 0 amide bonds. The minimum absolute atomic E-state index is 0.0976. The monoisotopic (exact) mass is 514 g/mol. The Morgan fingerprint density at radius 3 is 2.20 bits per heavy atom. The molecule has 1 aliphatic heterocycles. The molecule has 0 saturated heterocycles. The van der Waals surface area contributed by atoms with Gasteiger partial charge in [0.05, 0.1) is 32.5 Å². The lowest BCUT2D eigenvalue weighted by molar-refractivity contribution is 0.0732. The Morgan fingerprint density at radius 1 is 0.914 bits per heavy atom. The van der Waals surface area contributed by atoms with Gasteiger partial charge >= 0.3 is 5.97 Å². The van der Waals surface area contributed by atoms with Crippen LogP contribution in [-0.2, 0) is 0 Å². The molecule has 4 rings (SSSR count). The van der Waals surface area contributed by atoms with Gasteiger partial charge in [0.25, 0.3) is 0 Å². The SMILES string of the molecule is COc1cc(C(=O)Oc2ccc3c(c2C)O/C(=C\c2ccc(Cl)cc2Cl)C3=O)cc(OC)c1OC. The van der Waals surface area contributed by atoms with Crippen LogP contribution in [0.15, 0.2) is 48.2 Å². The fourth-order valence-corrected chi connectivity index (χ4v) is 4.06. The second-order valence-corrected chi connectivity index (χ2v) is 8.32. The predicted molar refractivity (Wildman–Crippen MR) is 132 cm³/mol. The predicted octanol–water partition coefficient (Wildman–Crippen LogP) is 6.16. The molecular weight excluding hydrogens is 495 g/mol. The number of esters is 1. The third kappa shape index (κ3) is 4.65. The standard InChI is InChI=1S/C26H20Cl2O7/c1-13-19(35-26(30)15-10-21(31-2)25(33-4)22(11-15)32-3)8-7-17-23(29)20(34-24(13)17)9-14-5-6-16(27)12-18(14)28/h5-12H,1-4H3/b20-9-. The maximum atomic E-state index is 12.9. The fraction of sp³-hybridized carbons (Fsp3) is 0.154. The summed E-state index contributed by atoms with van der Waals surface area (Å²) >= 11 is 12.2. The van der Waals surface area contributed by atoms with Crippen molar-refractivity contribution in [2.75, 3.05) is 21.3 Å². The van der Waals surface area contributed by atoms with E-state index in [0.29, 0.717) is 49.7 Å². The number of rotatable bonds is 6. The zero-order valence-corrected chi connectivity index (χ0v) is 20.7. The van der Waals surface area contributed by atoms with E-state index in [2.05, 4.69) is 0 Å². The van der Waals surface area contributed by atoms with Crippen LogP contribution < -0.4 is 23.7 Å². The zero-order valence-electron chi connectivity index (χ0n) is 19.2. The van der Waals surface area contributed by atoms with Gasteiger partial charge in [0, 0.05) is 15.6 Å². The number of halogens is 2. The molecule has 0 atom stereocenters. The third-order valence-electron chi connectivity index (χ3n) is 5.39. The highest BCUT2D eigenvalue weighted by atomic mass is 35.5. The quantitative estimate of drug-likeness (QED) is 0.221. The minimum Gasteiger partial charge on any atom is -0.493 e. The summed E-state index contributed by atoms with van der Waals surface area (Å²) in [6.45, 7) is 1.70. The Kier molecular flexibility index (Phi) is 6.91. The first-order valence-electron chi connectivity index (χ1n) is 10.3. The van der Waals surface area contributed by atoms with Crippen LogP contribution in [0.1, 0.15) is 31.8 Å². The molecule has 1 aliphatic rings. The highest BCUT2D eigenvalue weighted by molar-refractivity contribution is 6.35. The van der Waals surface area contributed by atoms with Gasteiger partial charge in [0.1, 0.15) is 11.5 Å². The number of hydrogen-bond acceptors (Lipinski definition) is 7. The minimum atomic E-state index is -0.652. The molecule has 180 valence electrons. The fourth-order valence-electron chi connectivity index (χ4n) is 3.60. The molecule has 3 aromatic rings. The van der Waals surface area contributed by atoms with Gasteiger partial charge in [0.15, 0.2) is 17.3 Å². The van der Waals surface area contributed by atoms with E-state index in [1.165, 1.54) is 33.5 Å². The Balaban J connectivity index is 1.63. The first-order chi connectivity index (χ1) is 16.8. The third-order valence-corrected chi connectivity index (χ3v) is 5.95. The first-order valence-corrected chi connectivity index (χ1v) is 11.1. The van der Waals surface area contributed by atoms with Crippen LogP contribution in [0.2, 0.25) is 10.0 Å². The van der Waals surface area contributed by atoms with Crippen LogP contribution in [0.4, 0.5) is 0 Å². The summed E-state index contributed by atoms with van der Waals surface area (Å²) in [4.78, 5) is 25.8. The molecule has 35 heavy (non-hydrogen) atoms. The summed E-state index contributed by atoms with van der Waals surface area (Å²) in [6, 6.07) is 11.0. The number of ether oxygens (including phenoxy) is 5. The molecule has 0 radical (unpaired) electrons. The summed E-state index contributed by atoms with van der Waals surface area (Å²) in [6.07, 6.45) is 1.54. The van der Waals surface area contributed by atoms with Gasteiger partial charge in [-0.2, -0.15) is 0 Å². The van der Waals surface area contributed by atoms with Crippen LogP contribution in [0.3, 0.4) is 0 Å². The van der Waals surface area contributed by atoms with E-state index >= 15 is 0 Å². The summed E-state index contributed by atoms with van der Waals surface area (Å²) in [5.41, 5.74) is 1.61. The van der Waals surface area contributed by atoms with Crippen LogP contribution >= 0.6 is 23.2 Å². The van der Waals surface area contributed by atoms with Gasteiger partial charge < -0.3 is 23.7 Å². The number of allylic oxidation sites excluding steroid dienone is 1. The Morgan fingerprint density at radius 2 is 1.60 bits per heavy atom. The second kappa shape index (κ2) is 9.90. The highest BCUT2D eigenvalue weighted by Crippen LogP contribution is 2.41. The number of carbonyl (C=O) groups excluding carboxylic acids is 2. The number of carbonyl (C=O) groups is 2. The summed E-state index contributed by atoms with van der Waals surface area (Å²) in [7, 11) is 4.37. The zero-order chi connectivity index (χ0) is 25.3. The van der Waals surface area contributed by atoms with Gasteiger partial charge in [0.2, 0.25) is 11.5 Å². The van der Waals surface area contributed by atoms with E-state index in [1.807, 2.05) is 0 Å². The van der Waals surface area contributed by atoms with Crippen LogP contribution in [0.5, 0.6) is 28.7 Å². The average Bonchev–Trinajstić information content (AvgIpc) is 3.17. The molecule has 0 spiro atoms. The van der Waals surface area contributed by atoms with E-state index in [-0.39, 0.29) is 22.9 Å². The van der Waals surface area contributed by atoms with Crippen molar-refractivity contribution in [3.63, 3.8) is 0 Å². The summed E-state index contributed by atoms with van der Waals surface area (Å²) in [5, 5.41) is 0.863. The van der Waals surface area contributed by atoms with Crippen LogP contribution in [-0.4, -0.2) is 33.1 Å². The van der Waals surface area contributed by atoms with Crippen molar-refractivity contribution in [1.82, 2.24) is 0 Å². The lowest BCUT2D eigenvalue weighted by atomic mass is 10.1. The molecule has 0 aromatic heterocycles. The van der Waals surface area contributed by atoms with E-state index < -0.39 is 5.97 Å². The van der Waals surface area contributed by atoms with Gasteiger partial charge in [-0.05, 0) is 55.0 Å². The van der Waals surface area contributed by atoms with E-state index in [0.717, 1.165) is 0 Å². The number of hydrogen-bond donors (Lipinski definition) is 0. The number of benzene rings is 3. The molecule has 0 bridgehead atoms. The van der Waals surface area contributed by atoms with Crippen LogP contribution in [0, 0.1) is 6.92 Å². The van der Waals surface area contributed by atoms with Crippen molar-refractivity contribution < 1.29 is 33.3 Å². The number of fused-ring (bicyclic) bond motifs is 1. The Labute approximate surface area is 211 Å². The molecule has 7 nitrogen and oxygen atoms in total. The molecule has 0 saturated carbocycles. The van der Waals surface area contributed by atoms with E-state index in [4.69, 9.17) is 46.9 Å². The van der Waals surface area contributed by atoms with Gasteiger partial charge in [-0.25, -0.2) is 4.79 Å². The van der Waals surface area contributed by atoms with Crippen molar-refractivity contribution in [2.45, 2.75) is 6.92 Å². The van der Waals surface area contributed by atoms with Gasteiger partial charge in [-0.3, -0.25) is 4.79 Å². The normalized spacial score (nSPS) is 13.3. The highest BCUT2D eigenvalue weighted by Gasteiger charge is 2.31. The maximum absolute atomic E-state index is 12.9. The van der Waals surface area contributed by atoms with Crippen molar-refractivity contribution in [1.29, 1.82) is 0 Å². The molecule has 0 N–H and O–H groups in total. The largest absolute Gasteiger partial charge is 0.493 e. The van der Waals surface area contributed by atoms with Crippen molar-refractivity contribution in [3.05, 3.63) is 80.5 Å². The average molecular weight is 515 g/mol. The number of methoxy groups -OCH3 is 3. The second-order valence-electron chi connectivity index (χ2n) is 7.47. The number of Topliss-reactive ketones (excluding diaryl/α,β-unsaturated/α-hetero) is 1. The maximum Gasteiger partial charge on any atom is 0.343 e. The lowest BCUT2D eigenvalue weighted by Gasteiger charge is -2.14. The first kappa shape index (κ1) is 24.4. The molecule has 3 aromatic carbocycles. The molecule has 0 fully saturated rings. The Hall–Kier alpha value is -3.68. The van der Waals surface area contributed by atoms with Crippen molar-refractivity contribution in [2.24, 2.45) is 0 Å². The van der Waals surface area contributed by atoms with Crippen LogP contribution in [0.25, 0.3) is 6.08 Å². The number of ketones is 1. The van der Waals surface area contributed by atoms with Crippen molar-refractivity contribution >= 4 is 41.0 Å². The van der Waals surface area contributed by atoms with Gasteiger partial charge in [-0.1, -0.05) is 29.3 Å². The topological polar surface area (TPSA) is 80.3 Å². The summed E-state index contributed by atoms with van der Waals surface area (Å²) < 4.78 is 27.3. The molecule has 9 heteroatoms. The Bertz CT molecular complexity index is 1350. The lowest BCUT2D eigenvalue weighted by Crippen LogP contribution is -2.10. The van der Waals surface area contributed by atoms with E-state index in [1.54, 1.807) is 43.3 Å². The summed E-state index contributed by atoms with van der Waals surface area (Å²) in [5.74, 6) is 0.662. The molecule has 0 aliphatic carbocycles.